The van der Waals surface area contributed by atoms with Gasteiger partial charge in [0.25, 0.3) is 0 Å². The minimum Gasteiger partial charge on any atom is -0.300 e. The number of hydrogen-bond donors (Lipinski definition) is 0. The SMILES string of the molecule is CC(=O)[C@H]1C(C)C[C@H]2[C@@H]3CCC4CCC=C[C@]4(C)[C@H]3CC[C@]12C. The van der Waals surface area contributed by atoms with Gasteiger partial charge < -0.3 is 0 Å². The van der Waals surface area contributed by atoms with Crippen LogP contribution in [0.15, 0.2) is 12.2 Å². The molecule has 1 nitrogen and oxygen atoms in total. The van der Waals surface area contributed by atoms with Gasteiger partial charge in [-0.25, -0.2) is 0 Å². The van der Waals surface area contributed by atoms with E-state index in [9.17, 15) is 4.79 Å². The highest BCUT2D eigenvalue weighted by atomic mass is 16.1. The molecule has 0 aliphatic heterocycles. The first-order chi connectivity index (χ1) is 10.9. The van der Waals surface area contributed by atoms with Crippen molar-refractivity contribution in [3.63, 3.8) is 0 Å². The second-order valence-electron chi connectivity index (χ2n) is 9.84. The van der Waals surface area contributed by atoms with Gasteiger partial charge >= 0.3 is 0 Å². The van der Waals surface area contributed by atoms with Gasteiger partial charge in [-0.05, 0) is 92.3 Å². The van der Waals surface area contributed by atoms with E-state index in [4.69, 9.17) is 0 Å². The smallest absolute Gasteiger partial charge is 0.133 e. The fraction of sp³-hybridized carbons (Fsp3) is 0.864. The van der Waals surface area contributed by atoms with E-state index in [-0.39, 0.29) is 5.41 Å². The number of hydrogen-bond acceptors (Lipinski definition) is 1. The largest absolute Gasteiger partial charge is 0.300 e. The molecule has 0 radical (unpaired) electrons. The lowest BCUT2D eigenvalue weighted by Gasteiger charge is -2.59. The molecule has 3 fully saturated rings. The summed E-state index contributed by atoms with van der Waals surface area (Å²) in [6.45, 7) is 9.23. The van der Waals surface area contributed by atoms with Crippen LogP contribution in [0.1, 0.15) is 72.6 Å². The first kappa shape index (κ1) is 15.9. The van der Waals surface area contributed by atoms with Crippen molar-refractivity contribution < 1.29 is 4.79 Å². The average molecular weight is 315 g/mol. The number of carbonyl (C=O) groups is 1. The fourth-order valence-electron chi connectivity index (χ4n) is 8.05. The summed E-state index contributed by atoms with van der Waals surface area (Å²) in [6.07, 6.45) is 14.5. The zero-order chi connectivity index (χ0) is 16.4. The number of Topliss-reactive ketones (excluding diaryl/α,β-unsaturated/α-hetero) is 1. The first-order valence-corrected chi connectivity index (χ1v) is 10.1. The van der Waals surface area contributed by atoms with E-state index < -0.39 is 0 Å². The molecule has 2 unspecified atom stereocenters. The number of allylic oxidation sites excluding steroid dienone is 2. The van der Waals surface area contributed by atoms with Gasteiger partial charge in [-0.3, -0.25) is 4.79 Å². The lowest BCUT2D eigenvalue weighted by Crippen LogP contribution is -2.52. The Balaban J connectivity index is 1.68. The molecule has 4 aliphatic rings. The molecule has 0 amide bonds. The van der Waals surface area contributed by atoms with Crippen LogP contribution in [0, 0.1) is 46.3 Å². The molecule has 128 valence electrons. The molecule has 0 aromatic rings. The number of carbonyl (C=O) groups excluding carboxylic acids is 1. The molecule has 0 aromatic heterocycles. The van der Waals surface area contributed by atoms with Gasteiger partial charge in [0.05, 0.1) is 0 Å². The zero-order valence-corrected chi connectivity index (χ0v) is 15.5. The summed E-state index contributed by atoms with van der Waals surface area (Å²) < 4.78 is 0. The van der Waals surface area contributed by atoms with Crippen LogP contribution >= 0.6 is 0 Å². The number of rotatable bonds is 1. The minimum absolute atomic E-state index is 0.286. The Morgan fingerprint density at radius 3 is 2.61 bits per heavy atom. The second kappa shape index (κ2) is 5.20. The Morgan fingerprint density at radius 2 is 1.87 bits per heavy atom. The standard InChI is InChI=1S/C22H34O/c1-14-13-19-17-9-8-16-7-5-6-11-21(16,3)18(17)10-12-22(19,4)20(14)15(2)23/h6,11,14,16-20H,5,7-10,12-13H2,1-4H3/t14?,16?,17-,18+,19+,20-,21+,22+/m1/s1. The van der Waals surface area contributed by atoms with Crippen molar-refractivity contribution in [1.82, 2.24) is 0 Å². The molecular weight excluding hydrogens is 280 g/mol. The quantitative estimate of drug-likeness (QED) is 0.572. The summed E-state index contributed by atoms with van der Waals surface area (Å²) in [4.78, 5) is 12.4. The highest BCUT2D eigenvalue weighted by Gasteiger charge is 2.61. The maximum atomic E-state index is 12.4. The molecule has 3 saturated carbocycles. The fourth-order valence-corrected chi connectivity index (χ4v) is 8.05. The summed E-state index contributed by atoms with van der Waals surface area (Å²) in [5, 5.41) is 0. The van der Waals surface area contributed by atoms with Gasteiger partial charge in [0.15, 0.2) is 0 Å². The van der Waals surface area contributed by atoms with E-state index in [0.717, 1.165) is 23.7 Å². The monoisotopic (exact) mass is 314 g/mol. The van der Waals surface area contributed by atoms with Gasteiger partial charge in [0, 0.05) is 5.92 Å². The maximum Gasteiger partial charge on any atom is 0.133 e. The van der Waals surface area contributed by atoms with Crippen LogP contribution in [0.4, 0.5) is 0 Å². The molecule has 0 aromatic carbocycles. The van der Waals surface area contributed by atoms with Gasteiger partial charge in [-0.15, -0.1) is 0 Å². The predicted molar refractivity (Wildman–Crippen MR) is 95.0 cm³/mol. The third-order valence-corrected chi connectivity index (χ3v) is 8.90. The summed E-state index contributed by atoms with van der Waals surface area (Å²) in [5.74, 6) is 4.81. The molecule has 4 rings (SSSR count). The van der Waals surface area contributed by atoms with E-state index in [0.29, 0.717) is 23.0 Å². The lowest BCUT2D eigenvalue weighted by molar-refractivity contribution is -0.130. The van der Waals surface area contributed by atoms with Crippen LogP contribution in [0.2, 0.25) is 0 Å². The molecule has 4 aliphatic carbocycles. The van der Waals surface area contributed by atoms with Crippen molar-refractivity contribution in [1.29, 1.82) is 0 Å². The van der Waals surface area contributed by atoms with Crippen LogP contribution in [-0.2, 0) is 4.79 Å². The van der Waals surface area contributed by atoms with Gasteiger partial charge in [-0.1, -0.05) is 32.9 Å². The van der Waals surface area contributed by atoms with Gasteiger partial charge in [-0.2, -0.15) is 0 Å². The van der Waals surface area contributed by atoms with Crippen molar-refractivity contribution in [3.8, 4) is 0 Å². The Bertz CT molecular complexity index is 534. The van der Waals surface area contributed by atoms with E-state index >= 15 is 0 Å². The van der Waals surface area contributed by atoms with E-state index in [2.05, 4.69) is 32.9 Å². The number of ketones is 1. The van der Waals surface area contributed by atoms with Gasteiger partial charge in [0.2, 0.25) is 0 Å². The third-order valence-electron chi connectivity index (χ3n) is 8.90. The number of fused-ring (bicyclic) bond motifs is 5. The van der Waals surface area contributed by atoms with Crippen molar-refractivity contribution >= 4 is 5.78 Å². The lowest BCUT2D eigenvalue weighted by atomic mass is 9.46. The summed E-state index contributed by atoms with van der Waals surface area (Å²) in [6, 6.07) is 0. The van der Waals surface area contributed by atoms with Gasteiger partial charge in [0.1, 0.15) is 5.78 Å². The van der Waals surface area contributed by atoms with E-state index in [1.807, 2.05) is 6.92 Å². The summed E-state index contributed by atoms with van der Waals surface area (Å²) in [7, 11) is 0. The molecule has 1 heteroatoms. The Labute approximate surface area is 142 Å². The molecule has 0 spiro atoms. The van der Waals surface area contributed by atoms with Crippen molar-refractivity contribution in [3.05, 3.63) is 12.2 Å². The van der Waals surface area contributed by atoms with E-state index in [1.54, 1.807) is 0 Å². The first-order valence-electron chi connectivity index (χ1n) is 10.1. The molecule has 0 heterocycles. The van der Waals surface area contributed by atoms with Crippen LogP contribution in [0.5, 0.6) is 0 Å². The van der Waals surface area contributed by atoms with E-state index in [1.165, 1.54) is 44.9 Å². The molecule has 0 N–H and O–H groups in total. The molecule has 23 heavy (non-hydrogen) atoms. The third kappa shape index (κ3) is 2.07. The van der Waals surface area contributed by atoms with Crippen molar-refractivity contribution in [2.45, 2.75) is 72.6 Å². The van der Waals surface area contributed by atoms with Crippen molar-refractivity contribution in [2.24, 2.45) is 46.3 Å². The molecular formula is C22H34O. The Hall–Kier alpha value is -0.590. The highest BCUT2D eigenvalue weighted by Crippen LogP contribution is 2.67. The topological polar surface area (TPSA) is 17.1 Å². The molecule has 0 saturated heterocycles. The highest BCUT2D eigenvalue weighted by molar-refractivity contribution is 5.80. The molecule has 0 bridgehead atoms. The molecule has 8 atom stereocenters. The Morgan fingerprint density at radius 1 is 1.09 bits per heavy atom. The van der Waals surface area contributed by atoms with Crippen LogP contribution in [0.3, 0.4) is 0 Å². The van der Waals surface area contributed by atoms with Crippen LogP contribution in [-0.4, -0.2) is 5.78 Å². The predicted octanol–water partition coefficient (Wildman–Crippen LogP) is 5.65. The zero-order valence-electron chi connectivity index (χ0n) is 15.5. The summed E-state index contributed by atoms with van der Waals surface area (Å²) >= 11 is 0. The summed E-state index contributed by atoms with van der Waals surface area (Å²) in [5.41, 5.74) is 0.730. The second-order valence-corrected chi connectivity index (χ2v) is 9.84. The van der Waals surface area contributed by atoms with Crippen molar-refractivity contribution in [2.75, 3.05) is 0 Å². The normalized spacial score (nSPS) is 55.0. The Kier molecular flexibility index (Phi) is 3.60. The van der Waals surface area contributed by atoms with Crippen LogP contribution in [0.25, 0.3) is 0 Å². The van der Waals surface area contributed by atoms with Crippen LogP contribution < -0.4 is 0 Å². The minimum atomic E-state index is 0.286. The maximum absolute atomic E-state index is 12.4. The average Bonchev–Trinajstić information content (AvgIpc) is 2.77.